The summed E-state index contributed by atoms with van der Waals surface area (Å²) in [5.41, 5.74) is 0.628. The maximum atomic E-state index is 13.2. The molecule has 16 heavy (non-hydrogen) atoms. The van der Waals surface area contributed by atoms with E-state index in [1.165, 1.54) is 29.3 Å². The molecule has 1 atom stereocenters. The van der Waals surface area contributed by atoms with Gasteiger partial charge < -0.3 is 0 Å². The summed E-state index contributed by atoms with van der Waals surface area (Å²) < 4.78 is 39.2. The van der Waals surface area contributed by atoms with Gasteiger partial charge >= 0.3 is 0 Å². The average Bonchev–Trinajstić information content (AvgIpc) is 2.23. The lowest BCUT2D eigenvalue weighted by Crippen LogP contribution is -2.45. The summed E-state index contributed by atoms with van der Waals surface area (Å²) in [6, 6.07) is 4.98. The maximum absolute atomic E-state index is 13.2. The van der Waals surface area contributed by atoms with Gasteiger partial charge in [-0.1, -0.05) is 12.1 Å². The van der Waals surface area contributed by atoms with Crippen LogP contribution in [0.15, 0.2) is 24.3 Å². The molecule has 2 nitrogen and oxygen atoms in total. The fourth-order valence-electron chi connectivity index (χ4n) is 1.94. The van der Waals surface area contributed by atoms with Crippen molar-refractivity contribution in [1.82, 2.24) is 5.01 Å². The predicted molar refractivity (Wildman–Crippen MR) is 54.2 cm³/mol. The van der Waals surface area contributed by atoms with Crippen LogP contribution in [0.1, 0.15) is 24.4 Å². The first kappa shape index (κ1) is 11.4. The summed E-state index contributed by atoms with van der Waals surface area (Å²) in [7, 11) is 0. The van der Waals surface area contributed by atoms with Crippen LogP contribution in [0.3, 0.4) is 0 Å². The van der Waals surface area contributed by atoms with E-state index in [0.717, 1.165) is 0 Å². The molecule has 0 radical (unpaired) electrons. The standard InChI is InChI=1S/C11H13F3N2/c12-9-3-1-8(2-4-9)10-7-11(13,14)5-6-16(10)15/h1-4,10H,5-7,15H2. The van der Waals surface area contributed by atoms with E-state index >= 15 is 0 Å². The van der Waals surface area contributed by atoms with Crippen LogP contribution >= 0.6 is 0 Å². The molecule has 1 aliphatic heterocycles. The SMILES string of the molecule is NN1CCC(F)(F)CC1c1ccc(F)cc1. The van der Waals surface area contributed by atoms with Crippen molar-refractivity contribution in [3.8, 4) is 0 Å². The second-order valence-corrected chi connectivity index (χ2v) is 4.12. The largest absolute Gasteiger partial charge is 0.268 e. The molecule has 0 aliphatic carbocycles. The lowest BCUT2D eigenvalue weighted by Gasteiger charge is -2.36. The molecule has 0 bridgehead atoms. The molecular formula is C11H13F3N2. The summed E-state index contributed by atoms with van der Waals surface area (Å²) >= 11 is 0. The number of nitrogens with two attached hydrogens (primary N) is 1. The first-order valence-electron chi connectivity index (χ1n) is 5.12. The molecule has 2 N–H and O–H groups in total. The Labute approximate surface area is 91.8 Å². The molecule has 5 heteroatoms. The zero-order valence-corrected chi connectivity index (χ0v) is 8.67. The minimum atomic E-state index is -2.69. The van der Waals surface area contributed by atoms with E-state index in [1.54, 1.807) is 0 Å². The Hall–Kier alpha value is -1.07. The summed E-state index contributed by atoms with van der Waals surface area (Å²) in [5, 5.41) is 1.39. The van der Waals surface area contributed by atoms with Gasteiger partial charge in [0.25, 0.3) is 5.92 Å². The van der Waals surface area contributed by atoms with Gasteiger partial charge in [0.2, 0.25) is 0 Å². The van der Waals surface area contributed by atoms with Crippen LogP contribution in [-0.4, -0.2) is 17.5 Å². The number of benzene rings is 1. The van der Waals surface area contributed by atoms with Crippen LogP contribution in [0.25, 0.3) is 0 Å². The molecule has 88 valence electrons. The highest BCUT2D eigenvalue weighted by Gasteiger charge is 2.39. The predicted octanol–water partition coefficient (Wildman–Crippen LogP) is 2.47. The van der Waals surface area contributed by atoms with E-state index in [1.807, 2.05) is 0 Å². The molecule has 1 aromatic carbocycles. The molecule has 0 saturated carbocycles. The summed E-state index contributed by atoms with van der Waals surface area (Å²) in [4.78, 5) is 0. The minimum absolute atomic E-state index is 0.148. The summed E-state index contributed by atoms with van der Waals surface area (Å²) in [6.07, 6.45) is -0.531. The summed E-state index contributed by atoms with van der Waals surface area (Å²) in [6.45, 7) is 0.148. The third kappa shape index (κ3) is 2.36. The van der Waals surface area contributed by atoms with Crippen LogP contribution in [0.2, 0.25) is 0 Å². The van der Waals surface area contributed by atoms with E-state index in [-0.39, 0.29) is 25.2 Å². The van der Waals surface area contributed by atoms with E-state index in [9.17, 15) is 13.2 Å². The number of hydrazine groups is 1. The van der Waals surface area contributed by atoms with Crippen molar-refractivity contribution in [2.24, 2.45) is 5.84 Å². The molecule has 1 fully saturated rings. The highest BCUT2D eigenvalue weighted by molar-refractivity contribution is 5.20. The lowest BCUT2D eigenvalue weighted by molar-refractivity contribution is -0.0799. The van der Waals surface area contributed by atoms with E-state index < -0.39 is 12.0 Å². The first-order valence-corrected chi connectivity index (χ1v) is 5.12. The van der Waals surface area contributed by atoms with Crippen molar-refractivity contribution in [3.63, 3.8) is 0 Å². The van der Waals surface area contributed by atoms with Gasteiger partial charge in [0.1, 0.15) is 5.82 Å². The quantitative estimate of drug-likeness (QED) is 0.751. The van der Waals surface area contributed by atoms with Crippen molar-refractivity contribution >= 4 is 0 Å². The van der Waals surface area contributed by atoms with Crippen LogP contribution in [-0.2, 0) is 0 Å². The molecular weight excluding hydrogens is 217 g/mol. The van der Waals surface area contributed by atoms with Gasteiger partial charge in [-0.15, -0.1) is 0 Å². The first-order chi connectivity index (χ1) is 7.48. The van der Waals surface area contributed by atoms with E-state index in [0.29, 0.717) is 5.56 Å². The van der Waals surface area contributed by atoms with Crippen LogP contribution in [0, 0.1) is 5.82 Å². The van der Waals surface area contributed by atoms with Gasteiger partial charge in [0, 0.05) is 19.4 Å². The minimum Gasteiger partial charge on any atom is -0.268 e. The Morgan fingerprint density at radius 1 is 1.25 bits per heavy atom. The number of hydrogen-bond acceptors (Lipinski definition) is 2. The molecule has 0 aromatic heterocycles. The second kappa shape index (κ2) is 4.07. The third-order valence-electron chi connectivity index (χ3n) is 2.88. The van der Waals surface area contributed by atoms with Crippen LogP contribution < -0.4 is 5.84 Å². The smallest absolute Gasteiger partial charge is 0.251 e. The highest BCUT2D eigenvalue weighted by Crippen LogP contribution is 2.38. The van der Waals surface area contributed by atoms with E-state index in [4.69, 9.17) is 5.84 Å². The molecule has 1 saturated heterocycles. The van der Waals surface area contributed by atoms with Crippen LogP contribution in [0.4, 0.5) is 13.2 Å². The van der Waals surface area contributed by atoms with Crippen molar-refractivity contribution in [2.75, 3.05) is 6.54 Å². The number of alkyl halides is 2. The lowest BCUT2D eigenvalue weighted by atomic mass is 9.94. The fraction of sp³-hybridized carbons (Fsp3) is 0.455. The molecule has 2 rings (SSSR count). The monoisotopic (exact) mass is 230 g/mol. The number of hydrogen-bond donors (Lipinski definition) is 1. The highest BCUT2D eigenvalue weighted by atomic mass is 19.3. The fourth-order valence-corrected chi connectivity index (χ4v) is 1.94. The van der Waals surface area contributed by atoms with Gasteiger partial charge in [0.05, 0.1) is 6.04 Å². The van der Waals surface area contributed by atoms with Crippen molar-refractivity contribution in [2.45, 2.75) is 24.8 Å². The van der Waals surface area contributed by atoms with Crippen molar-refractivity contribution in [3.05, 3.63) is 35.6 Å². The normalized spacial score (nSPS) is 25.6. The van der Waals surface area contributed by atoms with Gasteiger partial charge in [-0.2, -0.15) is 0 Å². The van der Waals surface area contributed by atoms with Crippen LogP contribution in [0.5, 0.6) is 0 Å². The maximum Gasteiger partial charge on any atom is 0.251 e. The topological polar surface area (TPSA) is 29.3 Å². The van der Waals surface area contributed by atoms with Gasteiger partial charge in [-0.25, -0.2) is 18.2 Å². The third-order valence-corrected chi connectivity index (χ3v) is 2.88. The molecule has 1 heterocycles. The molecule has 1 aliphatic rings. The zero-order valence-electron chi connectivity index (χ0n) is 8.67. The Kier molecular flexibility index (Phi) is 2.90. The number of halogens is 3. The van der Waals surface area contributed by atoms with Gasteiger partial charge in [-0.3, -0.25) is 5.84 Å². The number of piperidine rings is 1. The zero-order chi connectivity index (χ0) is 11.8. The Morgan fingerprint density at radius 2 is 1.88 bits per heavy atom. The molecule has 1 unspecified atom stereocenters. The Morgan fingerprint density at radius 3 is 2.50 bits per heavy atom. The van der Waals surface area contributed by atoms with Crippen molar-refractivity contribution in [1.29, 1.82) is 0 Å². The summed E-state index contributed by atoms with van der Waals surface area (Å²) in [5.74, 6) is 2.61. The molecule has 0 amide bonds. The second-order valence-electron chi connectivity index (χ2n) is 4.12. The molecule has 0 spiro atoms. The number of rotatable bonds is 1. The van der Waals surface area contributed by atoms with E-state index in [2.05, 4.69) is 0 Å². The Bertz CT molecular complexity index is 364. The van der Waals surface area contributed by atoms with Gasteiger partial charge in [0.15, 0.2) is 0 Å². The molecule has 1 aromatic rings. The Balaban J connectivity index is 2.21. The van der Waals surface area contributed by atoms with Crippen molar-refractivity contribution < 1.29 is 13.2 Å². The average molecular weight is 230 g/mol. The van der Waals surface area contributed by atoms with Gasteiger partial charge in [-0.05, 0) is 17.7 Å². The number of nitrogens with zero attached hydrogens (tertiary/aromatic N) is 1.